The molecule has 1 amide bonds. The van der Waals surface area contributed by atoms with Crippen molar-refractivity contribution in [3.63, 3.8) is 0 Å². The zero-order valence-corrected chi connectivity index (χ0v) is 17.7. The number of fused-ring (bicyclic) bond motifs is 1. The van der Waals surface area contributed by atoms with Crippen LogP contribution in [0.3, 0.4) is 0 Å². The Morgan fingerprint density at radius 3 is 2.83 bits per heavy atom. The topological polar surface area (TPSA) is 64.8 Å². The predicted molar refractivity (Wildman–Crippen MR) is 115 cm³/mol. The second-order valence-electron chi connectivity index (χ2n) is 6.80. The molecule has 0 saturated heterocycles. The molecule has 0 unspecified atom stereocenters. The summed E-state index contributed by atoms with van der Waals surface area (Å²) in [6.45, 7) is 4.29. The van der Waals surface area contributed by atoms with E-state index in [2.05, 4.69) is 43.2 Å². The number of ether oxygens (including phenoxy) is 2. The molecule has 2 heterocycles. The van der Waals surface area contributed by atoms with E-state index in [4.69, 9.17) is 9.47 Å². The van der Waals surface area contributed by atoms with E-state index in [9.17, 15) is 4.79 Å². The number of benzene rings is 2. The van der Waals surface area contributed by atoms with Gasteiger partial charge in [0.05, 0.1) is 12.6 Å². The summed E-state index contributed by atoms with van der Waals surface area (Å²) in [5.74, 6) is 1.17. The summed E-state index contributed by atoms with van der Waals surface area (Å²) < 4.78 is 13.8. The van der Waals surface area contributed by atoms with E-state index in [-0.39, 0.29) is 19.1 Å². The SMILES string of the molecule is Cc1cc(/C=N\NC(=O)Cc2ccc3c(c2)OCO3)c(C)n1-c1cccc(Br)c1. The lowest BCUT2D eigenvalue weighted by Gasteiger charge is -2.09. The Labute approximate surface area is 177 Å². The average molecular weight is 454 g/mol. The molecule has 148 valence electrons. The molecule has 7 heteroatoms. The van der Waals surface area contributed by atoms with Crippen molar-refractivity contribution in [1.29, 1.82) is 0 Å². The number of hydrazone groups is 1. The molecular formula is C22H20BrN3O3. The third-order valence-corrected chi connectivity index (χ3v) is 5.22. The Morgan fingerprint density at radius 2 is 2.00 bits per heavy atom. The fourth-order valence-electron chi connectivity index (χ4n) is 3.38. The van der Waals surface area contributed by atoms with Crippen LogP contribution in [0.25, 0.3) is 5.69 Å². The largest absolute Gasteiger partial charge is 0.454 e. The number of halogens is 1. The summed E-state index contributed by atoms with van der Waals surface area (Å²) in [5, 5.41) is 4.13. The van der Waals surface area contributed by atoms with Crippen LogP contribution in [0.2, 0.25) is 0 Å². The third kappa shape index (κ3) is 4.19. The number of aromatic nitrogens is 1. The molecule has 0 fully saturated rings. The number of hydrogen-bond donors (Lipinski definition) is 1. The molecule has 1 aliphatic rings. The fraction of sp³-hybridized carbons (Fsp3) is 0.182. The Bertz CT molecular complexity index is 1100. The standard InChI is InChI=1S/C22H20BrN3O3/c1-14-8-17(15(2)26(14)19-5-3-4-18(23)11-19)12-24-25-22(27)10-16-6-7-20-21(9-16)29-13-28-20/h3-9,11-12H,10,13H2,1-2H3,(H,25,27)/b24-12-. The number of nitrogens with zero attached hydrogens (tertiary/aromatic N) is 2. The molecule has 4 rings (SSSR count). The van der Waals surface area contributed by atoms with Gasteiger partial charge in [-0.1, -0.05) is 28.1 Å². The van der Waals surface area contributed by atoms with Crippen molar-refractivity contribution in [2.45, 2.75) is 20.3 Å². The number of rotatable bonds is 5. The molecule has 1 aliphatic heterocycles. The lowest BCUT2D eigenvalue weighted by atomic mass is 10.1. The Morgan fingerprint density at radius 1 is 1.17 bits per heavy atom. The second-order valence-corrected chi connectivity index (χ2v) is 7.71. The van der Waals surface area contributed by atoms with Crippen LogP contribution in [-0.2, 0) is 11.2 Å². The van der Waals surface area contributed by atoms with Gasteiger partial charge in [0.2, 0.25) is 12.7 Å². The van der Waals surface area contributed by atoms with E-state index in [1.165, 1.54) is 0 Å². The molecule has 1 N–H and O–H groups in total. The maximum Gasteiger partial charge on any atom is 0.244 e. The van der Waals surface area contributed by atoms with Gasteiger partial charge in [-0.15, -0.1) is 0 Å². The van der Waals surface area contributed by atoms with Gasteiger partial charge in [0.15, 0.2) is 11.5 Å². The van der Waals surface area contributed by atoms with Crippen molar-refractivity contribution >= 4 is 28.1 Å². The van der Waals surface area contributed by atoms with Crippen LogP contribution < -0.4 is 14.9 Å². The molecule has 0 spiro atoms. The van der Waals surface area contributed by atoms with Crippen LogP contribution in [0, 0.1) is 13.8 Å². The quantitative estimate of drug-likeness (QED) is 0.463. The maximum absolute atomic E-state index is 12.2. The van der Waals surface area contributed by atoms with Crippen molar-refractivity contribution in [2.75, 3.05) is 6.79 Å². The lowest BCUT2D eigenvalue weighted by Crippen LogP contribution is -2.19. The van der Waals surface area contributed by atoms with E-state index in [1.54, 1.807) is 6.21 Å². The number of aryl methyl sites for hydroxylation is 1. The highest BCUT2D eigenvalue weighted by Crippen LogP contribution is 2.32. The molecule has 0 aliphatic carbocycles. The monoisotopic (exact) mass is 453 g/mol. The van der Waals surface area contributed by atoms with Gasteiger partial charge < -0.3 is 14.0 Å². The molecule has 6 nitrogen and oxygen atoms in total. The summed E-state index contributed by atoms with van der Waals surface area (Å²) in [7, 11) is 0. The number of hydrogen-bond acceptors (Lipinski definition) is 4. The van der Waals surface area contributed by atoms with E-state index >= 15 is 0 Å². The van der Waals surface area contributed by atoms with Gasteiger partial charge in [-0.2, -0.15) is 5.10 Å². The molecule has 0 saturated carbocycles. The molecule has 3 aromatic rings. The summed E-state index contributed by atoms with van der Waals surface area (Å²) >= 11 is 3.51. The highest BCUT2D eigenvalue weighted by Gasteiger charge is 2.14. The number of amides is 1. The van der Waals surface area contributed by atoms with Crippen molar-refractivity contribution in [2.24, 2.45) is 5.10 Å². The molecule has 0 atom stereocenters. The first-order valence-electron chi connectivity index (χ1n) is 9.16. The van der Waals surface area contributed by atoms with E-state index in [0.717, 1.165) is 32.7 Å². The maximum atomic E-state index is 12.2. The normalized spacial score (nSPS) is 12.5. The van der Waals surface area contributed by atoms with Gasteiger partial charge in [0.25, 0.3) is 0 Å². The van der Waals surface area contributed by atoms with Crippen LogP contribution in [0.5, 0.6) is 11.5 Å². The Kier molecular flexibility index (Phi) is 5.40. The van der Waals surface area contributed by atoms with Gasteiger partial charge in [-0.05, 0) is 55.8 Å². The first-order valence-corrected chi connectivity index (χ1v) is 9.96. The number of nitrogens with one attached hydrogen (secondary N) is 1. The van der Waals surface area contributed by atoms with Gasteiger partial charge in [0, 0.05) is 27.1 Å². The van der Waals surface area contributed by atoms with Crippen molar-refractivity contribution in [1.82, 2.24) is 9.99 Å². The molecular weight excluding hydrogens is 434 g/mol. The first kappa shape index (κ1) is 19.3. The summed E-state index contributed by atoms with van der Waals surface area (Å²) in [5.41, 5.74) is 7.60. The van der Waals surface area contributed by atoms with Crippen LogP contribution >= 0.6 is 15.9 Å². The predicted octanol–water partition coefficient (Wildman–Crippen LogP) is 4.28. The Hall–Kier alpha value is -3.06. The minimum absolute atomic E-state index is 0.194. The second kappa shape index (κ2) is 8.13. The number of carbonyl (C=O) groups is 1. The van der Waals surface area contributed by atoms with Crippen LogP contribution in [0.15, 0.2) is 58.1 Å². The smallest absolute Gasteiger partial charge is 0.244 e. The zero-order valence-electron chi connectivity index (χ0n) is 16.1. The number of carbonyl (C=O) groups excluding carboxylic acids is 1. The minimum Gasteiger partial charge on any atom is -0.454 e. The van der Waals surface area contributed by atoms with Crippen molar-refractivity contribution in [3.8, 4) is 17.2 Å². The highest BCUT2D eigenvalue weighted by atomic mass is 79.9. The summed E-state index contributed by atoms with van der Waals surface area (Å²) in [6, 6.07) is 15.6. The third-order valence-electron chi connectivity index (χ3n) is 4.73. The minimum atomic E-state index is -0.194. The van der Waals surface area contributed by atoms with Gasteiger partial charge in [-0.25, -0.2) is 5.43 Å². The van der Waals surface area contributed by atoms with Crippen molar-refractivity contribution < 1.29 is 14.3 Å². The summed E-state index contributed by atoms with van der Waals surface area (Å²) in [6.07, 6.45) is 1.89. The summed E-state index contributed by atoms with van der Waals surface area (Å²) in [4.78, 5) is 12.2. The fourth-order valence-corrected chi connectivity index (χ4v) is 3.77. The Balaban J connectivity index is 1.43. The van der Waals surface area contributed by atoms with Gasteiger partial charge in [-0.3, -0.25) is 4.79 Å². The molecule has 29 heavy (non-hydrogen) atoms. The van der Waals surface area contributed by atoms with E-state index < -0.39 is 0 Å². The van der Waals surface area contributed by atoms with Gasteiger partial charge >= 0.3 is 0 Å². The molecule has 2 aromatic carbocycles. The lowest BCUT2D eigenvalue weighted by molar-refractivity contribution is -0.120. The average Bonchev–Trinajstić information content (AvgIpc) is 3.25. The highest BCUT2D eigenvalue weighted by molar-refractivity contribution is 9.10. The van der Waals surface area contributed by atoms with Crippen LogP contribution in [-0.4, -0.2) is 23.5 Å². The van der Waals surface area contributed by atoms with E-state index in [0.29, 0.717) is 11.5 Å². The molecule has 0 radical (unpaired) electrons. The van der Waals surface area contributed by atoms with Crippen LogP contribution in [0.4, 0.5) is 0 Å². The zero-order chi connectivity index (χ0) is 20.4. The van der Waals surface area contributed by atoms with E-state index in [1.807, 2.05) is 50.2 Å². The molecule has 0 bridgehead atoms. The van der Waals surface area contributed by atoms with Gasteiger partial charge in [0.1, 0.15) is 0 Å². The first-order chi connectivity index (χ1) is 14.0. The van der Waals surface area contributed by atoms with Crippen LogP contribution in [0.1, 0.15) is 22.5 Å². The molecule has 1 aromatic heterocycles. The van der Waals surface area contributed by atoms with Crippen molar-refractivity contribution in [3.05, 3.63) is 75.5 Å².